The average Bonchev–Trinajstić information content (AvgIpc) is 3.16. The van der Waals surface area contributed by atoms with Crippen molar-refractivity contribution >= 4 is 11.9 Å². The molecule has 0 radical (unpaired) electrons. The summed E-state index contributed by atoms with van der Waals surface area (Å²) in [5.41, 5.74) is 2.39. The van der Waals surface area contributed by atoms with Crippen LogP contribution in [0.3, 0.4) is 0 Å². The van der Waals surface area contributed by atoms with E-state index >= 15 is 0 Å². The summed E-state index contributed by atoms with van der Waals surface area (Å²) in [6.45, 7) is 0.603. The Kier molecular flexibility index (Phi) is 3.88. The van der Waals surface area contributed by atoms with Crippen LogP contribution in [0.2, 0.25) is 0 Å². The highest BCUT2D eigenvalue weighted by Crippen LogP contribution is 2.25. The molecule has 0 aliphatic heterocycles. The molecule has 10 nitrogen and oxygen atoms in total. The lowest BCUT2D eigenvalue weighted by Gasteiger charge is -2.15. The zero-order valence-electron chi connectivity index (χ0n) is 11.3. The smallest absolute Gasteiger partial charge is 0.258 e. The van der Waals surface area contributed by atoms with Gasteiger partial charge in [-0.2, -0.15) is 24.7 Å². The van der Waals surface area contributed by atoms with Crippen molar-refractivity contribution in [2.45, 2.75) is 25.4 Å². The molecule has 0 aromatic carbocycles. The highest BCUT2D eigenvalue weighted by atomic mass is 16.3. The molecule has 2 atom stereocenters. The number of nitrogen functional groups attached to an aromatic ring is 1. The third-order valence-corrected chi connectivity index (χ3v) is 3.52. The van der Waals surface area contributed by atoms with Gasteiger partial charge in [0.1, 0.15) is 12.7 Å². The predicted octanol–water partition coefficient (Wildman–Crippen LogP) is -0.689. The standard InChI is InChI=1S/C11H17N9O/c12-19-10-16-9(14-4-7-2-1-3-8(7)21)17-11(18-10)20-6-13-5-15-20/h5-8,21H,1-4,12H2,(H2,14,16,17,18,19). The Morgan fingerprint density at radius 3 is 2.81 bits per heavy atom. The topological polar surface area (TPSA) is 140 Å². The number of hydrazine groups is 1. The van der Waals surface area contributed by atoms with E-state index in [0.29, 0.717) is 18.4 Å². The van der Waals surface area contributed by atoms with Crippen LogP contribution in [-0.2, 0) is 0 Å². The number of hydrogen-bond donors (Lipinski definition) is 4. The zero-order chi connectivity index (χ0) is 14.7. The Morgan fingerprint density at radius 2 is 2.14 bits per heavy atom. The minimum Gasteiger partial charge on any atom is -0.393 e. The van der Waals surface area contributed by atoms with E-state index in [0.717, 1.165) is 19.3 Å². The van der Waals surface area contributed by atoms with Gasteiger partial charge in [-0.25, -0.2) is 10.8 Å². The van der Waals surface area contributed by atoms with Gasteiger partial charge in [0.05, 0.1) is 6.10 Å². The summed E-state index contributed by atoms with van der Waals surface area (Å²) in [7, 11) is 0. The Labute approximate surface area is 120 Å². The number of anilines is 2. The molecular formula is C11H17N9O. The first-order valence-corrected chi connectivity index (χ1v) is 6.76. The highest BCUT2D eigenvalue weighted by molar-refractivity contribution is 5.36. The summed E-state index contributed by atoms with van der Waals surface area (Å²) >= 11 is 0. The molecule has 112 valence electrons. The molecular weight excluding hydrogens is 274 g/mol. The maximum Gasteiger partial charge on any atom is 0.258 e. The van der Waals surface area contributed by atoms with E-state index in [2.05, 4.69) is 35.8 Å². The molecule has 21 heavy (non-hydrogen) atoms. The second-order valence-electron chi connectivity index (χ2n) is 4.91. The van der Waals surface area contributed by atoms with Crippen molar-refractivity contribution in [1.82, 2.24) is 29.7 Å². The Bertz CT molecular complexity index is 587. The van der Waals surface area contributed by atoms with Gasteiger partial charge in [0, 0.05) is 12.5 Å². The second-order valence-corrected chi connectivity index (χ2v) is 4.91. The van der Waals surface area contributed by atoms with E-state index in [1.165, 1.54) is 17.3 Å². The number of nitrogens with two attached hydrogens (primary N) is 1. The van der Waals surface area contributed by atoms with Crippen LogP contribution in [0.15, 0.2) is 12.7 Å². The van der Waals surface area contributed by atoms with Gasteiger partial charge >= 0.3 is 0 Å². The first kappa shape index (κ1) is 13.6. The molecule has 0 amide bonds. The molecule has 0 bridgehead atoms. The molecule has 1 saturated carbocycles. The van der Waals surface area contributed by atoms with E-state index in [1.54, 1.807) is 0 Å². The maximum absolute atomic E-state index is 9.82. The molecule has 2 unspecified atom stereocenters. The fraction of sp³-hybridized carbons (Fsp3) is 0.545. The third kappa shape index (κ3) is 3.06. The number of aliphatic hydroxyl groups is 1. The monoisotopic (exact) mass is 291 g/mol. The van der Waals surface area contributed by atoms with E-state index in [-0.39, 0.29) is 18.0 Å². The van der Waals surface area contributed by atoms with Gasteiger partial charge in [-0.15, -0.1) is 0 Å². The van der Waals surface area contributed by atoms with Crippen LogP contribution >= 0.6 is 0 Å². The molecule has 1 aliphatic carbocycles. The summed E-state index contributed by atoms with van der Waals surface area (Å²) < 4.78 is 1.41. The SMILES string of the molecule is NNc1nc(NCC2CCCC2O)nc(-n2cncn2)n1. The lowest BCUT2D eigenvalue weighted by Crippen LogP contribution is -2.23. The van der Waals surface area contributed by atoms with Gasteiger partial charge < -0.3 is 10.4 Å². The molecule has 0 saturated heterocycles. The van der Waals surface area contributed by atoms with E-state index < -0.39 is 0 Å². The molecule has 0 spiro atoms. The molecule has 2 heterocycles. The van der Waals surface area contributed by atoms with Gasteiger partial charge in [0.15, 0.2) is 0 Å². The summed E-state index contributed by atoms with van der Waals surface area (Å²) in [6, 6.07) is 0. The van der Waals surface area contributed by atoms with E-state index in [4.69, 9.17) is 5.84 Å². The van der Waals surface area contributed by atoms with Crippen LogP contribution < -0.4 is 16.6 Å². The Hall–Kier alpha value is -2.33. The Balaban J connectivity index is 1.76. The number of aromatic nitrogens is 6. The van der Waals surface area contributed by atoms with Gasteiger partial charge in [-0.1, -0.05) is 6.42 Å². The summed E-state index contributed by atoms with van der Waals surface area (Å²) in [5, 5.41) is 16.9. The number of hydrogen-bond acceptors (Lipinski definition) is 9. The molecule has 3 rings (SSSR count). The molecule has 10 heteroatoms. The summed E-state index contributed by atoms with van der Waals surface area (Å²) in [4.78, 5) is 16.3. The van der Waals surface area contributed by atoms with Gasteiger partial charge in [0.25, 0.3) is 5.95 Å². The first-order chi connectivity index (χ1) is 10.3. The first-order valence-electron chi connectivity index (χ1n) is 6.76. The number of rotatable bonds is 5. The molecule has 1 aliphatic rings. The predicted molar refractivity (Wildman–Crippen MR) is 74.4 cm³/mol. The quantitative estimate of drug-likeness (QED) is 0.416. The number of nitrogens with zero attached hydrogens (tertiary/aromatic N) is 6. The van der Waals surface area contributed by atoms with Gasteiger partial charge in [0.2, 0.25) is 11.9 Å². The van der Waals surface area contributed by atoms with Gasteiger partial charge in [-0.05, 0) is 12.8 Å². The molecule has 1 fully saturated rings. The molecule has 2 aromatic heterocycles. The van der Waals surface area contributed by atoms with Crippen molar-refractivity contribution in [3.05, 3.63) is 12.7 Å². The van der Waals surface area contributed by atoms with Crippen LogP contribution in [0.4, 0.5) is 11.9 Å². The van der Waals surface area contributed by atoms with E-state index in [1.807, 2.05) is 0 Å². The second kappa shape index (κ2) is 5.97. The van der Waals surface area contributed by atoms with Crippen molar-refractivity contribution in [2.24, 2.45) is 11.8 Å². The molecule has 2 aromatic rings. The largest absolute Gasteiger partial charge is 0.393 e. The fourth-order valence-corrected chi connectivity index (χ4v) is 2.40. The lowest BCUT2D eigenvalue weighted by molar-refractivity contribution is 0.138. The lowest BCUT2D eigenvalue weighted by atomic mass is 10.1. The van der Waals surface area contributed by atoms with Crippen molar-refractivity contribution in [1.29, 1.82) is 0 Å². The number of aliphatic hydroxyl groups excluding tert-OH is 1. The fourth-order valence-electron chi connectivity index (χ4n) is 2.40. The van der Waals surface area contributed by atoms with Crippen molar-refractivity contribution < 1.29 is 5.11 Å². The van der Waals surface area contributed by atoms with Crippen LogP contribution in [0.1, 0.15) is 19.3 Å². The maximum atomic E-state index is 9.82. The third-order valence-electron chi connectivity index (χ3n) is 3.52. The van der Waals surface area contributed by atoms with Crippen LogP contribution in [0.5, 0.6) is 0 Å². The van der Waals surface area contributed by atoms with E-state index in [9.17, 15) is 5.11 Å². The Morgan fingerprint density at radius 1 is 1.29 bits per heavy atom. The highest BCUT2D eigenvalue weighted by Gasteiger charge is 2.25. The molecule has 5 N–H and O–H groups in total. The van der Waals surface area contributed by atoms with Crippen molar-refractivity contribution in [3.63, 3.8) is 0 Å². The zero-order valence-corrected chi connectivity index (χ0v) is 11.3. The average molecular weight is 291 g/mol. The normalized spacial score (nSPS) is 21.4. The summed E-state index contributed by atoms with van der Waals surface area (Å²) in [6.07, 6.45) is 5.51. The number of nitrogens with one attached hydrogen (secondary N) is 2. The minimum absolute atomic E-state index is 0.214. The van der Waals surface area contributed by atoms with Crippen LogP contribution in [-0.4, -0.2) is 47.5 Å². The summed E-state index contributed by atoms with van der Waals surface area (Å²) in [5.74, 6) is 6.49. The van der Waals surface area contributed by atoms with Gasteiger partial charge in [-0.3, -0.25) is 5.43 Å². The minimum atomic E-state index is -0.263. The van der Waals surface area contributed by atoms with Crippen molar-refractivity contribution in [3.8, 4) is 5.95 Å². The van der Waals surface area contributed by atoms with Crippen LogP contribution in [0, 0.1) is 5.92 Å². The van der Waals surface area contributed by atoms with Crippen LogP contribution in [0.25, 0.3) is 5.95 Å². The van der Waals surface area contributed by atoms with Crippen molar-refractivity contribution in [2.75, 3.05) is 17.3 Å².